The number of benzene rings is 3. The lowest BCUT2D eigenvalue weighted by Gasteiger charge is -2.11. The molecule has 3 aromatic rings. The number of carbonyl (C=O) groups excluding carboxylic acids is 3. The fourth-order valence-corrected chi connectivity index (χ4v) is 3.68. The molecule has 9 heteroatoms. The van der Waals surface area contributed by atoms with E-state index in [0.29, 0.717) is 55.7 Å². The zero-order chi connectivity index (χ0) is 30.3. The smallest absolute Gasteiger partial charge is 0.343 e. The van der Waals surface area contributed by atoms with Crippen molar-refractivity contribution in [2.24, 2.45) is 5.92 Å². The molecule has 0 aromatic heterocycles. The number of esters is 2. The highest BCUT2D eigenvalue weighted by molar-refractivity contribution is 5.94. The first-order valence-corrected chi connectivity index (χ1v) is 14.0. The summed E-state index contributed by atoms with van der Waals surface area (Å²) in [6, 6.07) is 21.3. The van der Waals surface area contributed by atoms with Crippen LogP contribution >= 0.6 is 0 Å². The minimum Gasteiger partial charge on any atom is -0.491 e. The molecule has 1 unspecified atom stereocenters. The van der Waals surface area contributed by atoms with Crippen molar-refractivity contribution in [1.29, 1.82) is 0 Å². The number of rotatable bonds is 16. The molecule has 0 spiro atoms. The lowest BCUT2D eigenvalue weighted by Crippen LogP contribution is -2.21. The molecule has 224 valence electrons. The first-order valence-electron chi connectivity index (χ1n) is 14.0. The summed E-state index contributed by atoms with van der Waals surface area (Å²) < 4.78 is 27.1. The van der Waals surface area contributed by atoms with Crippen LogP contribution < -0.4 is 9.47 Å². The summed E-state index contributed by atoms with van der Waals surface area (Å²) in [6.45, 7) is 5.87. The third kappa shape index (κ3) is 10.3. The summed E-state index contributed by atoms with van der Waals surface area (Å²) in [7, 11) is 3.44. The van der Waals surface area contributed by atoms with Gasteiger partial charge in [-0.2, -0.15) is 0 Å². The normalized spacial score (nSPS) is 11.4. The van der Waals surface area contributed by atoms with E-state index in [0.717, 1.165) is 17.5 Å². The summed E-state index contributed by atoms with van der Waals surface area (Å²) in [5, 5.41) is 0. The predicted molar refractivity (Wildman–Crippen MR) is 159 cm³/mol. The second-order valence-corrected chi connectivity index (χ2v) is 9.77. The SMILES string of the molecule is CCC(C)C(=O)OCCOCCOCCOc1ccc(C(=O)Oc2ccc(-c3ccc(C(=O)N(C)C)cc3)cc2)cc1. The molecule has 3 aromatic carbocycles. The number of carbonyl (C=O) groups is 3. The predicted octanol–water partition coefficient (Wildman–Crippen LogP) is 5.28. The lowest BCUT2D eigenvalue weighted by molar-refractivity contribution is -0.149. The molecule has 3 rings (SSSR count). The van der Waals surface area contributed by atoms with Gasteiger partial charge in [0.05, 0.1) is 37.9 Å². The van der Waals surface area contributed by atoms with Crippen LogP contribution in [0.25, 0.3) is 11.1 Å². The fourth-order valence-electron chi connectivity index (χ4n) is 3.68. The Hall–Kier alpha value is -4.21. The Balaban J connectivity index is 1.33. The van der Waals surface area contributed by atoms with Crippen molar-refractivity contribution in [2.45, 2.75) is 20.3 Å². The maximum Gasteiger partial charge on any atom is 0.343 e. The van der Waals surface area contributed by atoms with E-state index in [-0.39, 0.29) is 24.4 Å². The molecule has 0 heterocycles. The van der Waals surface area contributed by atoms with Gasteiger partial charge in [-0.1, -0.05) is 38.1 Å². The number of amides is 1. The van der Waals surface area contributed by atoms with Crippen molar-refractivity contribution in [1.82, 2.24) is 4.90 Å². The molecule has 0 aliphatic carbocycles. The van der Waals surface area contributed by atoms with E-state index in [4.69, 9.17) is 23.7 Å². The highest BCUT2D eigenvalue weighted by Gasteiger charge is 2.12. The Kier molecular flexibility index (Phi) is 13.0. The molecule has 0 radical (unpaired) electrons. The van der Waals surface area contributed by atoms with Gasteiger partial charge in [-0.05, 0) is 66.1 Å². The molecular formula is C33H39NO8. The van der Waals surface area contributed by atoms with Gasteiger partial charge in [-0.15, -0.1) is 0 Å². The monoisotopic (exact) mass is 577 g/mol. The topological polar surface area (TPSA) is 101 Å². The molecule has 9 nitrogen and oxygen atoms in total. The Bertz CT molecular complexity index is 1270. The molecule has 0 saturated heterocycles. The standard InChI is InChI=1S/C33H39NO8/c1-5-24(2)32(36)41-23-21-39-19-18-38-20-22-40-29-14-12-28(13-15-29)33(37)42-30-16-10-26(11-17-30)25-6-8-27(9-7-25)31(35)34(3)4/h6-17,24H,5,18-23H2,1-4H3. The van der Waals surface area contributed by atoms with Gasteiger partial charge < -0.3 is 28.6 Å². The molecular weight excluding hydrogens is 538 g/mol. The van der Waals surface area contributed by atoms with E-state index in [1.807, 2.05) is 38.1 Å². The van der Waals surface area contributed by atoms with E-state index in [9.17, 15) is 14.4 Å². The minimum absolute atomic E-state index is 0.0505. The van der Waals surface area contributed by atoms with Gasteiger partial charge in [0.1, 0.15) is 24.7 Å². The zero-order valence-electron chi connectivity index (χ0n) is 24.7. The number of hydrogen-bond donors (Lipinski definition) is 0. The summed E-state index contributed by atoms with van der Waals surface area (Å²) in [4.78, 5) is 37.8. The van der Waals surface area contributed by atoms with Gasteiger partial charge >= 0.3 is 11.9 Å². The maximum atomic E-state index is 12.6. The van der Waals surface area contributed by atoms with Crippen LogP contribution in [-0.2, 0) is 19.0 Å². The van der Waals surface area contributed by atoms with Gasteiger partial charge in [0.15, 0.2) is 0 Å². The van der Waals surface area contributed by atoms with Crippen molar-refractivity contribution < 1.29 is 38.1 Å². The van der Waals surface area contributed by atoms with E-state index in [2.05, 4.69) is 0 Å². The average Bonchev–Trinajstić information content (AvgIpc) is 3.01. The van der Waals surface area contributed by atoms with E-state index in [1.54, 1.807) is 62.6 Å². The van der Waals surface area contributed by atoms with Crippen LogP contribution in [0.1, 0.15) is 41.0 Å². The van der Waals surface area contributed by atoms with Gasteiger partial charge in [0, 0.05) is 19.7 Å². The minimum atomic E-state index is -0.473. The Morgan fingerprint density at radius 3 is 1.74 bits per heavy atom. The van der Waals surface area contributed by atoms with Gasteiger partial charge in [0.25, 0.3) is 5.91 Å². The molecule has 0 N–H and O–H groups in total. The van der Waals surface area contributed by atoms with Gasteiger partial charge in [-0.25, -0.2) is 4.79 Å². The van der Waals surface area contributed by atoms with Crippen LogP contribution in [0.5, 0.6) is 11.5 Å². The molecule has 0 aliphatic heterocycles. The molecule has 0 saturated carbocycles. The van der Waals surface area contributed by atoms with Gasteiger partial charge in [-0.3, -0.25) is 9.59 Å². The second-order valence-electron chi connectivity index (χ2n) is 9.77. The molecule has 0 fully saturated rings. The van der Waals surface area contributed by atoms with Crippen molar-refractivity contribution in [3.63, 3.8) is 0 Å². The Morgan fingerprint density at radius 2 is 1.17 bits per heavy atom. The summed E-state index contributed by atoms with van der Waals surface area (Å²) in [5.41, 5.74) is 2.91. The molecule has 1 atom stereocenters. The Morgan fingerprint density at radius 1 is 0.667 bits per heavy atom. The van der Waals surface area contributed by atoms with Crippen molar-refractivity contribution >= 4 is 17.8 Å². The summed E-state index contributed by atoms with van der Waals surface area (Å²) in [5.74, 6) is 0.212. The third-order valence-corrected chi connectivity index (χ3v) is 6.38. The van der Waals surface area contributed by atoms with Gasteiger partial charge in [0.2, 0.25) is 0 Å². The van der Waals surface area contributed by atoms with E-state index < -0.39 is 5.97 Å². The summed E-state index contributed by atoms with van der Waals surface area (Å²) in [6.07, 6.45) is 0.753. The van der Waals surface area contributed by atoms with Crippen LogP contribution in [-0.4, -0.2) is 76.5 Å². The largest absolute Gasteiger partial charge is 0.491 e. The zero-order valence-corrected chi connectivity index (χ0v) is 24.7. The third-order valence-electron chi connectivity index (χ3n) is 6.38. The lowest BCUT2D eigenvalue weighted by atomic mass is 10.0. The molecule has 1 amide bonds. The van der Waals surface area contributed by atoms with E-state index in [1.165, 1.54) is 4.90 Å². The quantitative estimate of drug-likeness (QED) is 0.129. The second kappa shape index (κ2) is 16.9. The molecule has 0 bridgehead atoms. The number of hydrogen-bond acceptors (Lipinski definition) is 8. The Labute approximate surface area is 247 Å². The molecule has 0 aliphatic rings. The van der Waals surface area contributed by atoms with Crippen LogP contribution in [0.4, 0.5) is 0 Å². The maximum absolute atomic E-state index is 12.6. The van der Waals surface area contributed by atoms with Crippen LogP contribution in [0.15, 0.2) is 72.8 Å². The number of nitrogens with zero attached hydrogens (tertiary/aromatic N) is 1. The molecule has 42 heavy (non-hydrogen) atoms. The highest BCUT2D eigenvalue weighted by atomic mass is 16.6. The van der Waals surface area contributed by atoms with Crippen LogP contribution in [0, 0.1) is 5.92 Å². The van der Waals surface area contributed by atoms with Crippen LogP contribution in [0.3, 0.4) is 0 Å². The van der Waals surface area contributed by atoms with E-state index >= 15 is 0 Å². The first-order chi connectivity index (χ1) is 20.3. The van der Waals surface area contributed by atoms with Crippen molar-refractivity contribution in [3.8, 4) is 22.6 Å². The number of ether oxygens (including phenoxy) is 5. The fraction of sp³-hybridized carbons (Fsp3) is 0.364. The van der Waals surface area contributed by atoms with Crippen molar-refractivity contribution in [2.75, 3.05) is 53.7 Å². The van der Waals surface area contributed by atoms with Crippen molar-refractivity contribution in [3.05, 3.63) is 83.9 Å². The first kappa shape index (κ1) is 32.3. The highest BCUT2D eigenvalue weighted by Crippen LogP contribution is 2.24. The van der Waals surface area contributed by atoms with Crippen LogP contribution in [0.2, 0.25) is 0 Å². The summed E-state index contributed by atoms with van der Waals surface area (Å²) >= 11 is 0. The average molecular weight is 578 g/mol.